The number of tetrazole rings is 1. The van der Waals surface area contributed by atoms with Gasteiger partial charge in [0.1, 0.15) is 0 Å². The van der Waals surface area contributed by atoms with Crippen molar-refractivity contribution in [3.63, 3.8) is 0 Å². The molecule has 1 aromatic carbocycles. The van der Waals surface area contributed by atoms with Crippen molar-refractivity contribution in [2.75, 3.05) is 11.6 Å². The van der Waals surface area contributed by atoms with Crippen LogP contribution in [0.3, 0.4) is 0 Å². The Morgan fingerprint density at radius 3 is 2.89 bits per heavy atom. The minimum Gasteiger partial charge on any atom is -0.289 e. The smallest absolute Gasteiger partial charge is 0.259 e. The third kappa shape index (κ3) is 2.46. The number of hydrogen-bond acceptors (Lipinski definition) is 5. The minimum atomic E-state index is -0.339. The zero-order valence-corrected chi connectivity index (χ0v) is 11.3. The summed E-state index contributed by atoms with van der Waals surface area (Å²) in [7, 11) is 1.63. The lowest BCUT2D eigenvalue weighted by Crippen LogP contribution is -2.16. The van der Waals surface area contributed by atoms with Crippen LogP contribution in [0.25, 0.3) is 0 Å². The lowest BCUT2D eigenvalue weighted by atomic mass is 10.2. The average molecular weight is 284 g/mol. The number of rotatable bonds is 3. The fourth-order valence-corrected chi connectivity index (χ4v) is 2.30. The summed E-state index contributed by atoms with van der Waals surface area (Å²) in [6, 6.07) is 5.29. The molecular weight excluding hydrogens is 274 g/mol. The molecule has 8 heteroatoms. The number of hydrogen-bond donors (Lipinski definition) is 1. The van der Waals surface area contributed by atoms with Crippen LogP contribution in [0.15, 0.2) is 23.1 Å². The third-order valence-corrected chi connectivity index (χ3v) is 3.57. The summed E-state index contributed by atoms with van der Waals surface area (Å²) >= 11 is 7.62. The number of thioether (sulfide) groups is 1. The van der Waals surface area contributed by atoms with Gasteiger partial charge in [0, 0.05) is 11.9 Å². The van der Waals surface area contributed by atoms with E-state index in [-0.39, 0.29) is 11.9 Å². The van der Waals surface area contributed by atoms with Crippen LogP contribution in [-0.4, -0.2) is 32.4 Å². The van der Waals surface area contributed by atoms with E-state index in [0.29, 0.717) is 10.6 Å². The molecule has 0 spiro atoms. The Labute approximate surface area is 113 Å². The van der Waals surface area contributed by atoms with Gasteiger partial charge in [0.2, 0.25) is 5.95 Å². The van der Waals surface area contributed by atoms with Gasteiger partial charge in [-0.3, -0.25) is 10.1 Å². The maximum absolute atomic E-state index is 12.0. The van der Waals surface area contributed by atoms with E-state index in [1.807, 2.05) is 12.3 Å². The number of carbonyl (C=O) groups excluding carboxylic acids is 1. The van der Waals surface area contributed by atoms with E-state index in [2.05, 4.69) is 20.8 Å². The van der Waals surface area contributed by atoms with Crippen LogP contribution in [0, 0.1) is 0 Å². The van der Waals surface area contributed by atoms with Gasteiger partial charge in [-0.1, -0.05) is 22.8 Å². The van der Waals surface area contributed by atoms with Crippen molar-refractivity contribution < 1.29 is 4.79 Å². The average Bonchev–Trinajstić information content (AvgIpc) is 2.75. The Morgan fingerprint density at radius 2 is 2.28 bits per heavy atom. The molecule has 18 heavy (non-hydrogen) atoms. The van der Waals surface area contributed by atoms with Crippen molar-refractivity contribution >= 4 is 35.2 Å². The Hall–Kier alpha value is -1.60. The highest BCUT2D eigenvalue weighted by Crippen LogP contribution is 2.28. The first-order valence-corrected chi connectivity index (χ1v) is 6.60. The molecule has 0 bridgehead atoms. The normalized spacial score (nSPS) is 10.4. The number of nitrogens with zero attached hydrogens (tertiary/aromatic N) is 4. The fourth-order valence-electron chi connectivity index (χ4n) is 1.35. The largest absolute Gasteiger partial charge is 0.289 e. The number of anilines is 1. The highest BCUT2D eigenvalue weighted by molar-refractivity contribution is 7.98. The zero-order chi connectivity index (χ0) is 13.1. The standard InChI is InChI=1S/C10H10ClN5OS/c1-16-10(13-14-15-16)12-9(17)6-4-3-5-7(18-2)8(6)11/h3-5H,1-2H3,(H,12,13,15,17). The lowest BCUT2D eigenvalue weighted by molar-refractivity contribution is 0.102. The van der Waals surface area contributed by atoms with Crippen LogP contribution >= 0.6 is 23.4 Å². The molecule has 1 aromatic heterocycles. The molecule has 1 N–H and O–H groups in total. The first kappa shape index (κ1) is 12.8. The lowest BCUT2D eigenvalue weighted by Gasteiger charge is -2.07. The van der Waals surface area contributed by atoms with Crippen molar-refractivity contribution in [1.29, 1.82) is 0 Å². The van der Waals surface area contributed by atoms with E-state index in [9.17, 15) is 4.79 Å². The van der Waals surface area contributed by atoms with Crippen molar-refractivity contribution in [3.05, 3.63) is 28.8 Å². The number of aromatic nitrogens is 4. The first-order valence-electron chi connectivity index (χ1n) is 4.99. The summed E-state index contributed by atoms with van der Waals surface area (Å²) < 4.78 is 1.37. The molecule has 94 valence electrons. The summed E-state index contributed by atoms with van der Waals surface area (Å²) in [4.78, 5) is 12.9. The molecule has 0 radical (unpaired) electrons. The monoisotopic (exact) mass is 283 g/mol. The van der Waals surface area contributed by atoms with Gasteiger partial charge in [0.25, 0.3) is 5.91 Å². The molecule has 0 aliphatic rings. The summed E-state index contributed by atoms with van der Waals surface area (Å²) in [6.45, 7) is 0. The van der Waals surface area contributed by atoms with Crippen LogP contribution in [0.4, 0.5) is 5.95 Å². The predicted octanol–water partition coefficient (Wildman–Crippen LogP) is 1.84. The van der Waals surface area contributed by atoms with Crippen molar-refractivity contribution in [1.82, 2.24) is 20.2 Å². The molecule has 0 aliphatic carbocycles. The second-order valence-corrected chi connectivity index (χ2v) is 4.63. The third-order valence-electron chi connectivity index (χ3n) is 2.27. The van der Waals surface area contributed by atoms with Gasteiger partial charge in [-0.05, 0) is 28.8 Å². The van der Waals surface area contributed by atoms with Gasteiger partial charge >= 0.3 is 0 Å². The van der Waals surface area contributed by atoms with Crippen molar-refractivity contribution in [2.24, 2.45) is 7.05 Å². The molecule has 1 heterocycles. The van der Waals surface area contributed by atoms with Crippen LogP contribution in [0.2, 0.25) is 5.02 Å². The Balaban J connectivity index is 2.27. The Kier molecular flexibility index (Phi) is 3.83. The highest BCUT2D eigenvalue weighted by Gasteiger charge is 2.15. The number of aryl methyl sites for hydroxylation is 1. The fraction of sp³-hybridized carbons (Fsp3) is 0.200. The maximum atomic E-state index is 12.0. The first-order chi connectivity index (χ1) is 8.63. The number of amides is 1. The summed E-state index contributed by atoms with van der Waals surface area (Å²) in [5.74, 6) is -0.0700. The summed E-state index contributed by atoms with van der Waals surface area (Å²) in [6.07, 6.45) is 1.90. The van der Waals surface area contributed by atoms with Gasteiger partial charge in [0.15, 0.2) is 0 Å². The second kappa shape index (κ2) is 5.36. The topological polar surface area (TPSA) is 72.7 Å². The molecule has 0 saturated carbocycles. The molecule has 0 aliphatic heterocycles. The van der Waals surface area contributed by atoms with E-state index in [4.69, 9.17) is 11.6 Å². The second-order valence-electron chi connectivity index (χ2n) is 3.40. The van der Waals surface area contributed by atoms with Crippen LogP contribution < -0.4 is 5.32 Å². The quantitative estimate of drug-likeness (QED) is 0.870. The van der Waals surface area contributed by atoms with Crippen molar-refractivity contribution in [2.45, 2.75) is 4.90 Å². The van der Waals surface area contributed by atoms with E-state index < -0.39 is 0 Å². The number of carbonyl (C=O) groups is 1. The molecule has 2 aromatic rings. The van der Waals surface area contributed by atoms with E-state index >= 15 is 0 Å². The SMILES string of the molecule is CSc1cccc(C(=O)Nc2nnnn2C)c1Cl. The molecule has 0 saturated heterocycles. The van der Waals surface area contributed by atoms with Gasteiger partial charge in [-0.15, -0.1) is 11.8 Å². The van der Waals surface area contributed by atoms with Crippen LogP contribution in [-0.2, 0) is 7.05 Å². The Morgan fingerprint density at radius 1 is 1.50 bits per heavy atom. The van der Waals surface area contributed by atoms with E-state index in [1.165, 1.54) is 16.4 Å². The molecule has 2 rings (SSSR count). The van der Waals surface area contributed by atoms with Gasteiger partial charge < -0.3 is 0 Å². The van der Waals surface area contributed by atoms with Gasteiger partial charge in [0.05, 0.1) is 10.6 Å². The maximum Gasteiger partial charge on any atom is 0.259 e. The zero-order valence-electron chi connectivity index (χ0n) is 9.72. The molecule has 0 unspecified atom stereocenters. The number of benzene rings is 1. The molecule has 6 nitrogen and oxygen atoms in total. The van der Waals surface area contributed by atoms with E-state index in [1.54, 1.807) is 19.2 Å². The number of halogens is 1. The minimum absolute atomic E-state index is 0.269. The summed E-state index contributed by atoms with van der Waals surface area (Å²) in [5.41, 5.74) is 0.395. The van der Waals surface area contributed by atoms with Crippen molar-refractivity contribution in [3.8, 4) is 0 Å². The van der Waals surface area contributed by atoms with Gasteiger partial charge in [-0.2, -0.15) is 0 Å². The van der Waals surface area contributed by atoms with Gasteiger partial charge in [-0.25, -0.2) is 4.68 Å². The highest BCUT2D eigenvalue weighted by atomic mass is 35.5. The van der Waals surface area contributed by atoms with Crippen LogP contribution in [0.1, 0.15) is 10.4 Å². The van der Waals surface area contributed by atoms with E-state index in [0.717, 1.165) is 4.90 Å². The van der Waals surface area contributed by atoms with Crippen LogP contribution in [0.5, 0.6) is 0 Å². The Bertz CT molecular complexity index is 585. The molecule has 0 fully saturated rings. The molecule has 0 atom stereocenters. The number of nitrogens with one attached hydrogen (secondary N) is 1. The predicted molar refractivity (Wildman–Crippen MR) is 70.0 cm³/mol. The molecule has 1 amide bonds. The summed E-state index contributed by atoms with van der Waals surface area (Å²) in [5, 5.41) is 13.8. The molecular formula is C10H10ClN5OS.